The van der Waals surface area contributed by atoms with Crippen LogP contribution in [0, 0.1) is 6.92 Å². The summed E-state index contributed by atoms with van der Waals surface area (Å²) in [4.78, 5) is 22.5. The van der Waals surface area contributed by atoms with Gasteiger partial charge in [0.1, 0.15) is 23.5 Å². The summed E-state index contributed by atoms with van der Waals surface area (Å²) in [7, 11) is 0. The normalized spacial score (nSPS) is 11.4. The SMILES string of the molecule is CCN(CC)c1c(CCNc2ncnc3nc[nH]c23)cc(Cl)c2cnc(C)n12. The van der Waals surface area contributed by atoms with Crippen LogP contribution in [-0.4, -0.2) is 49.0 Å². The van der Waals surface area contributed by atoms with Crippen molar-refractivity contribution in [3.63, 3.8) is 0 Å². The van der Waals surface area contributed by atoms with E-state index in [9.17, 15) is 0 Å². The van der Waals surface area contributed by atoms with Crippen molar-refractivity contribution in [1.82, 2.24) is 29.3 Å². The molecule has 4 aromatic rings. The Bertz CT molecular complexity index is 1110. The van der Waals surface area contributed by atoms with Crippen molar-refractivity contribution >= 4 is 39.9 Å². The molecule has 4 heterocycles. The van der Waals surface area contributed by atoms with Gasteiger partial charge in [-0.05, 0) is 38.8 Å². The molecule has 8 nitrogen and oxygen atoms in total. The van der Waals surface area contributed by atoms with Crippen LogP contribution in [0.5, 0.6) is 0 Å². The summed E-state index contributed by atoms with van der Waals surface area (Å²) in [5.74, 6) is 2.83. The van der Waals surface area contributed by atoms with Gasteiger partial charge in [-0.1, -0.05) is 11.6 Å². The molecule has 0 aliphatic rings. The van der Waals surface area contributed by atoms with Crippen molar-refractivity contribution in [3.8, 4) is 0 Å². The summed E-state index contributed by atoms with van der Waals surface area (Å²) in [6.07, 6.45) is 5.77. The summed E-state index contributed by atoms with van der Waals surface area (Å²) in [5, 5.41) is 4.10. The van der Waals surface area contributed by atoms with Gasteiger partial charge in [0.05, 0.1) is 23.1 Å². The van der Waals surface area contributed by atoms with Crippen LogP contribution in [0.1, 0.15) is 25.2 Å². The molecule has 146 valence electrons. The highest BCUT2D eigenvalue weighted by Gasteiger charge is 2.18. The second kappa shape index (κ2) is 7.63. The number of hydrogen-bond donors (Lipinski definition) is 2. The van der Waals surface area contributed by atoms with Crippen LogP contribution in [0.25, 0.3) is 16.7 Å². The number of fused-ring (bicyclic) bond motifs is 2. The standard InChI is InChI=1S/C19H23ClN8/c1-4-27(5-2)19-13(8-14(20)15-9-22-12(3)28(15)19)6-7-21-17-16-18(24-10-23-16)26-11-25-17/h8-11H,4-7H2,1-3H3,(H2,21,23,24,25,26). The molecule has 0 fully saturated rings. The monoisotopic (exact) mass is 398 g/mol. The minimum absolute atomic E-state index is 0.653. The second-order valence-corrected chi connectivity index (χ2v) is 6.95. The van der Waals surface area contributed by atoms with E-state index in [-0.39, 0.29) is 0 Å². The van der Waals surface area contributed by atoms with Gasteiger partial charge in [-0.2, -0.15) is 0 Å². The molecular weight excluding hydrogens is 376 g/mol. The average Bonchev–Trinajstić information content (AvgIpc) is 3.32. The number of nitrogens with one attached hydrogen (secondary N) is 2. The lowest BCUT2D eigenvalue weighted by Gasteiger charge is -2.26. The Morgan fingerprint density at radius 1 is 1.18 bits per heavy atom. The Morgan fingerprint density at radius 2 is 2.00 bits per heavy atom. The van der Waals surface area contributed by atoms with E-state index in [2.05, 4.69) is 59.5 Å². The number of anilines is 2. The Kier molecular flexibility index (Phi) is 5.04. The Labute approximate surface area is 168 Å². The third-order valence-corrected chi connectivity index (χ3v) is 5.26. The number of aromatic nitrogens is 6. The fraction of sp³-hybridized carbons (Fsp3) is 0.368. The highest BCUT2D eigenvalue weighted by atomic mass is 35.5. The van der Waals surface area contributed by atoms with E-state index < -0.39 is 0 Å². The van der Waals surface area contributed by atoms with Gasteiger partial charge >= 0.3 is 0 Å². The largest absolute Gasteiger partial charge is 0.368 e. The van der Waals surface area contributed by atoms with Crippen molar-refractivity contribution < 1.29 is 0 Å². The lowest BCUT2D eigenvalue weighted by molar-refractivity contribution is 0.810. The van der Waals surface area contributed by atoms with Gasteiger partial charge in [0.2, 0.25) is 0 Å². The van der Waals surface area contributed by atoms with Gasteiger partial charge in [0.15, 0.2) is 11.5 Å². The maximum Gasteiger partial charge on any atom is 0.182 e. The predicted molar refractivity (Wildman–Crippen MR) is 112 cm³/mol. The smallest absolute Gasteiger partial charge is 0.182 e. The molecule has 0 aliphatic carbocycles. The summed E-state index contributed by atoms with van der Waals surface area (Å²) >= 11 is 6.56. The molecule has 0 saturated carbocycles. The number of halogens is 1. The van der Waals surface area contributed by atoms with E-state index in [4.69, 9.17) is 11.6 Å². The number of hydrogen-bond acceptors (Lipinski definition) is 6. The molecule has 28 heavy (non-hydrogen) atoms. The molecule has 9 heteroatoms. The zero-order chi connectivity index (χ0) is 19.7. The van der Waals surface area contributed by atoms with Crippen molar-refractivity contribution in [3.05, 3.63) is 41.3 Å². The van der Waals surface area contributed by atoms with Gasteiger partial charge in [-0.15, -0.1) is 0 Å². The lowest BCUT2D eigenvalue weighted by Crippen LogP contribution is -2.26. The number of nitrogens with zero attached hydrogens (tertiary/aromatic N) is 6. The number of aryl methyl sites for hydroxylation is 1. The van der Waals surface area contributed by atoms with E-state index >= 15 is 0 Å². The van der Waals surface area contributed by atoms with Gasteiger partial charge in [-0.25, -0.2) is 19.9 Å². The number of H-pyrrole nitrogens is 1. The van der Waals surface area contributed by atoms with Crippen LogP contribution in [0.2, 0.25) is 5.02 Å². The minimum atomic E-state index is 0.653. The van der Waals surface area contributed by atoms with Crippen LogP contribution in [0.15, 0.2) is 24.9 Å². The number of rotatable bonds is 7. The van der Waals surface area contributed by atoms with E-state index in [0.717, 1.165) is 48.0 Å². The van der Waals surface area contributed by atoms with E-state index in [1.54, 1.807) is 6.33 Å². The molecule has 2 N–H and O–H groups in total. The predicted octanol–water partition coefficient (Wildman–Crippen LogP) is 3.46. The summed E-state index contributed by atoms with van der Waals surface area (Å²) in [5.41, 5.74) is 3.57. The molecule has 0 saturated heterocycles. The summed E-state index contributed by atoms with van der Waals surface area (Å²) < 4.78 is 2.16. The van der Waals surface area contributed by atoms with Crippen molar-refractivity contribution in [2.24, 2.45) is 0 Å². The van der Waals surface area contributed by atoms with E-state index in [1.807, 2.05) is 13.1 Å². The Balaban J connectivity index is 1.67. The number of pyridine rings is 1. The molecule has 0 atom stereocenters. The molecule has 0 bridgehead atoms. The molecule has 0 unspecified atom stereocenters. The molecule has 0 amide bonds. The molecule has 0 radical (unpaired) electrons. The first-order valence-corrected chi connectivity index (χ1v) is 9.80. The molecule has 0 aromatic carbocycles. The van der Waals surface area contributed by atoms with Crippen LogP contribution in [0.4, 0.5) is 11.6 Å². The average molecular weight is 399 g/mol. The third kappa shape index (κ3) is 3.13. The first-order chi connectivity index (χ1) is 13.6. The fourth-order valence-corrected chi connectivity index (χ4v) is 3.85. The van der Waals surface area contributed by atoms with Gasteiger partial charge in [0, 0.05) is 19.6 Å². The summed E-state index contributed by atoms with van der Waals surface area (Å²) in [6.45, 7) is 8.85. The zero-order valence-electron chi connectivity index (χ0n) is 16.2. The number of imidazole rings is 2. The molecule has 4 rings (SSSR count). The van der Waals surface area contributed by atoms with Gasteiger partial charge in [-0.3, -0.25) is 4.40 Å². The van der Waals surface area contributed by atoms with E-state index in [0.29, 0.717) is 17.2 Å². The van der Waals surface area contributed by atoms with Crippen molar-refractivity contribution in [1.29, 1.82) is 0 Å². The topological polar surface area (TPSA) is 87.0 Å². The quantitative estimate of drug-likeness (QED) is 0.495. The van der Waals surface area contributed by atoms with Crippen LogP contribution in [0.3, 0.4) is 0 Å². The summed E-state index contributed by atoms with van der Waals surface area (Å²) in [6, 6.07) is 2.05. The lowest BCUT2D eigenvalue weighted by atomic mass is 10.1. The Hall–Kier alpha value is -2.87. The van der Waals surface area contributed by atoms with Crippen molar-refractivity contribution in [2.75, 3.05) is 29.9 Å². The van der Waals surface area contributed by atoms with Crippen LogP contribution >= 0.6 is 11.6 Å². The second-order valence-electron chi connectivity index (χ2n) is 6.54. The highest BCUT2D eigenvalue weighted by Crippen LogP contribution is 2.30. The van der Waals surface area contributed by atoms with Gasteiger partial charge < -0.3 is 15.2 Å². The van der Waals surface area contributed by atoms with E-state index in [1.165, 1.54) is 11.9 Å². The number of aromatic amines is 1. The maximum atomic E-state index is 6.56. The van der Waals surface area contributed by atoms with Gasteiger partial charge in [0.25, 0.3) is 0 Å². The highest BCUT2D eigenvalue weighted by molar-refractivity contribution is 6.34. The molecular formula is C19H23ClN8. The maximum absolute atomic E-state index is 6.56. The first kappa shape index (κ1) is 18.5. The zero-order valence-corrected chi connectivity index (χ0v) is 17.0. The molecule has 0 aliphatic heterocycles. The van der Waals surface area contributed by atoms with Crippen molar-refractivity contribution in [2.45, 2.75) is 27.2 Å². The molecule has 0 spiro atoms. The third-order valence-electron chi connectivity index (χ3n) is 4.96. The van der Waals surface area contributed by atoms with Crippen LogP contribution in [-0.2, 0) is 6.42 Å². The fourth-order valence-electron chi connectivity index (χ4n) is 3.58. The molecule has 4 aromatic heterocycles. The van der Waals surface area contributed by atoms with Crippen LogP contribution < -0.4 is 10.2 Å². The minimum Gasteiger partial charge on any atom is -0.368 e. The first-order valence-electron chi connectivity index (χ1n) is 9.42. The Morgan fingerprint density at radius 3 is 2.79 bits per heavy atom.